The largest absolute Gasteiger partial charge is 0.268 e. The van der Waals surface area contributed by atoms with Crippen molar-refractivity contribution in [2.45, 2.75) is 12.1 Å². The van der Waals surface area contributed by atoms with Crippen molar-refractivity contribution < 1.29 is 4.39 Å². The number of hydrogen-bond acceptors (Lipinski definition) is 4. The van der Waals surface area contributed by atoms with Crippen LogP contribution in [0, 0.1) is 23.1 Å². The molecule has 0 unspecified atom stereocenters. The van der Waals surface area contributed by atoms with E-state index in [0.717, 1.165) is 0 Å². The Hall–Kier alpha value is -2.65. The van der Waals surface area contributed by atoms with Crippen LogP contribution in [0.5, 0.6) is 0 Å². The van der Waals surface area contributed by atoms with Gasteiger partial charge in [0.25, 0.3) is 5.56 Å². The van der Waals surface area contributed by atoms with Crippen molar-refractivity contribution in [3.05, 3.63) is 64.7 Å². The average molecular weight is 339 g/mol. The fourth-order valence-corrected chi connectivity index (χ4v) is 3.24. The number of nitriles is 1. The summed E-state index contributed by atoms with van der Waals surface area (Å²) in [5.74, 6) is -0.227. The second kappa shape index (κ2) is 6.85. The third kappa shape index (κ3) is 3.03. The van der Waals surface area contributed by atoms with Crippen LogP contribution >= 0.6 is 11.8 Å². The Kier molecular flexibility index (Phi) is 4.63. The lowest BCUT2D eigenvalue weighted by Gasteiger charge is -2.14. The SMILES string of the molecule is C[C@@H](C#N)CSc1nc2ccccc2c(=O)n1-c1ccccc1F. The zero-order valence-corrected chi connectivity index (χ0v) is 13.8. The van der Waals surface area contributed by atoms with Gasteiger partial charge in [0.1, 0.15) is 5.82 Å². The van der Waals surface area contributed by atoms with Crippen LogP contribution < -0.4 is 5.56 Å². The highest BCUT2D eigenvalue weighted by atomic mass is 32.2. The monoisotopic (exact) mass is 339 g/mol. The Bertz CT molecular complexity index is 993. The molecule has 4 nitrogen and oxygen atoms in total. The van der Waals surface area contributed by atoms with Gasteiger partial charge in [0.15, 0.2) is 5.16 Å². The van der Waals surface area contributed by atoms with E-state index in [1.54, 1.807) is 49.4 Å². The van der Waals surface area contributed by atoms with Crippen molar-refractivity contribution in [3.63, 3.8) is 0 Å². The summed E-state index contributed by atoms with van der Waals surface area (Å²) in [5.41, 5.74) is 0.396. The molecule has 0 saturated heterocycles. The van der Waals surface area contributed by atoms with Gasteiger partial charge in [-0.05, 0) is 31.2 Å². The van der Waals surface area contributed by atoms with Crippen molar-refractivity contribution >= 4 is 22.7 Å². The maximum atomic E-state index is 14.3. The first-order chi connectivity index (χ1) is 11.6. The summed E-state index contributed by atoms with van der Waals surface area (Å²) < 4.78 is 15.5. The summed E-state index contributed by atoms with van der Waals surface area (Å²) >= 11 is 1.27. The molecule has 0 fully saturated rings. The van der Waals surface area contributed by atoms with Crippen LogP contribution in [0.1, 0.15) is 6.92 Å². The van der Waals surface area contributed by atoms with Gasteiger partial charge in [-0.15, -0.1) is 0 Å². The first-order valence-electron chi connectivity index (χ1n) is 7.41. The minimum Gasteiger partial charge on any atom is -0.268 e. The van der Waals surface area contributed by atoms with E-state index in [4.69, 9.17) is 5.26 Å². The van der Waals surface area contributed by atoms with E-state index in [9.17, 15) is 9.18 Å². The van der Waals surface area contributed by atoms with Crippen molar-refractivity contribution in [2.24, 2.45) is 5.92 Å². The molecule has 0 aliphatic heterocycles. The molecule has 0 aliphatic rings. The number of halogens is 1. The van der Waals surface area contributed by atoms with Gasteiger partial charge < -0.3 is 0 Å². The summed E-state index contributed by atoms with van der Waals surface area (Å²) in [6, 6.07) is 15.2. The number of nitrogens with zero attached hydrogens (tertiary/aromatic N) is 3. The van der Waals surface area contributed by atoms with Crippen LogP contribution in [0.25, 0.3) is 16.6 Å². The summed E-state index contributed by atoms with van der Waals surface area (Å²) in [7, 11) is 0. The molecule has 1 atom stereocenters. The van der Waals surface area contributed by atoms with E-state index >= 15 is 0 Å². The molecule has 0 spiro atoms. The molecular weight excluding hydrogens is 325 g/mol. The van der Waals surface area contributed by atoms with Gasteiger partial charge in [-0.2, -0.15) is 5.26 Å². The number of rotatable bonds is 4. The maximum absolute atomic E-state index is 14.3. The highest BCUT2D eigenvalue weighted by molar-refractivity contribution is 7.99. The minimum atomic E-state index is -0.494. The van der Waals surface area contributed by atoms with Gasteiger partial charge in [-0.3, -0.25) is 9.36 Å². The molecule has 24 heavy (non-hydrogen) atoms. The Morgan fingerprint density at radius 3 is 2.71 bits per heavy atom. The Balaban J connectivity index is 2.24. The first-order valence-corrected chi connectivity index (χ1v) is 8.39. The molecule has 0 aliphatic carbocycles. The molecule has 2 aromatic carbocycles. The zero-order chi connectivity index (χ0) is 17.1. The fourth-order valence-electron chi connectivity index (χ4n) is 2.29. The van der Waals surface area contributed by atoms with Crippen LogP contribution in [-0.2, 0) is 0 Å². The lowest BCUT2D eigenvalue weighted by molar-refractivity contribution is 0.608. The molecule has 0 bridgehead atoms. The zero-order valence-electron chi connectivity index (χ0n) is 12.9. The Labute approximate surface area is 142 Å². The quantitative estimate of drug-likeness (QED) is 0.536. The summed E-state index contributed by atoms with van der Waals surface area (Å²) in [4.78, 5) is 17.4. The molecule has 1 heterocycles. The summed E-state index contributed by atoms with van der Waals surface area (Å²) in [5, 5.41) is 9.77. The van der Waals surface area contributed by atoms with E-state index in [-0.39, 0.29) is 17.2 Å². The fraction of sp³-hybridized carbons (Fsp3) is 0.167. The van der Waals surface area contributed by atoms with Crippen molar-refractivity contribution in [1.29, 1.82) is 5.26 Å². The highest BCUT2D eigenvalue weighted by Crippen LogP contribution is 2.24. The molecule has 0 N–H and O–H groups in total. The number of benzene rings is 2. The number of aromatic nitrogens is 2. The maximum Gasteiger partial charge on any atom is 0.266 e. The third-order valence-electron chi connectivity index (χ3n) is 3.52. The number of fused-ring (bicyclic) bond motifs is 1. The molecule has 1 aromatic heterocycles. The lowest BCUT2D eigenvalue weighted by atomic mass is 10.2. The number of thioether (sulfide) groups is 1. The number of hydrogen-bond donors (Lipinski definition) is 0. The van der Waals surface area contributed by atoms with Crippen LogP contribution in [0.4, 0.5) is 4.39 Å². The van der Waals surface area contributed by atoms with Crippen molar-refractivity contribution in [2.75, 3.05) is 5.75 Å². The molecule has 6 heteroatoms. The summed E-state index contributed by atoms with van der Waals surface area (Å²) in [6.45, 7) is 1.79. The molecule has 0 amide bonds. The summed E-state index contributed by atoms with van der Waals surface area (Å²) in [6.07, 6.45) is 0. The smallest absolute Gasteiger partial charge is 0.266 e. The standard InChI is InChI=1S/C18H14FN3OS/c1-12(10-20)11-24-18-21-15-8-4-2-6-13(15)17(23)22(18)16-9-5-3-7-14(16)19/h2-9,12H,11H2,1H3/t12-/m0/s1. The first kappa shape index (κ1) is 16.2. The molecule has 3 aromatic rings. The highest BCUT2D eigenvalue weighted by Gasteiger charge is 2.16. The van der Waals surface area contributed by atoms with E-state index in [1.165, 1.54) is 22.4 Å². The second-order valence-corrected chi connectivity index (χ2v) is 6.33. The van der Waals surface area contributed by atoms with Crippen LogP contribution in [0.2, 0.25) is 0 Å². The van der Waals surface area contributed by atoms with Crippen LogP contribution in [-0.4, -0.2) is 15.3 Å². The molecule has 120 valence electrons. The van der Waals surface area contributed by atoms with E-state index < -0.39 is 5.82 Å². The minimum absolute atomic E-state index is 0.160. The molecule has 0 saturated carbocycles. The Morgan fingerprint density at radius 2 is 1.96 bits per heavy atom. The van der Waals surface area contributed by atoms with Gasteiger partial charge in [-0.1, -0.05) is 36.0 Å². The second-order valence-electron chi connectivity index (χ2n) is 5.34. The predicted octanol–water partition coefficient (Wildman–Crippen LogP) is 3.78. The van der Waals surface area contributed by atoms with Crippen LogP contribution in [0.15, 0.2) is 58.5 Å². The molecule has 3 rings (SSSR count). The Morgan fingerprint density at radius 1 is 1.25 bits per heavy atom. The molecule has 0 radical (unpaired) electrons. The van der Waals surface area contributed by atoms with Gasteiger partial charge in [0, 0.05) is 5.75 Å². The number of para-hydroxylation sites is 2. The third-order valence-corrected chi connectivity index (χ3v) is 4.72. The van der Waals surface area contributed by atoms with Gasteiger partial charge >= 0.3 is 0 Å². The van der Waals surface area contributed by atoms with Gasteiger partial charge in [-0.25, -0.2) is 9.37 Å². The van der Waals surface area contributed by atoms with E-state index in [0.29, 0.717) is 21.8 Å². The van der Waals surface area contributed by atoms with Crippen molar-refractivity contribution in [3.8, 4) is 11.8 Å². The topological polar surface area (TPSA) is 58.7 Å². The normalized spacial score (nSPS) is 12.0. The van der Waals surface area contributed by atoms with E-state index in [1.807, 2.05) is 0 Å². The van der Waals surface area contributed by atoms with Gasteiger partial charge in [0.05, 0.1) is 28.6 Å². The van der Waals surface area contributed by atoms with Gasteiger partial charge in [0.2, 0.25) is 0 Å². The van der Waals surface area contributed by atoms with Crippen LogP contribution in [0.3, 0.4) is 0 Å². The van der Waals surface area contributed by atoms with E-state index in [2.05, 4.69) is 11.1 Å². The lowest BCUT2D eigenvalue weighted by Crippen LogP contribution is -2.23. The van der Waals surface area contributed by atoms with Crippen molar-refractivity contribution in [1.82, 2.24) is 9.55 Å². The molecular formula is C18H14FN3OS. The predicted molar refractivity (Wildman–Crippen MR) is 92.8 cm³/mol. The average Bonchev–Trinajstić information content (AvgIpc) is 2.61.